The standard InChI is InChI=1S/C21H27NO3.C21H29NO3.C20H27NO3.C20H25NO3/c1-11(12-2-3-12)22-9-8-21-14-5-7-17(24)20(21)25-19-16(23)6-4-13(18(19)21)10-15(14)22;1-3-4-12(2)22-10-9-21-14-6-8-17(24)20(21)25-19-16(23)7-5-13(18(19)21)11-15(14)22;2*1-3-11(2)21-9-8-20-13-5-7-16(23)19(20)24-18-15(22)6-4-12(17(18)20)10-14(13)21/h4,6,11-12,14-15,17,20,23-24H,2-3,5,7-10H2,1H3;5,7,12,14-15,17,20,23-24H,3-4,6,8-11H2,1-2H3;4,6,11,13-14,16,19,22-23H,3,5,7-10H2,1-2H3;3-4,6,11,13-14,16,19,22-23H,1,5,7-10H2,2H3/t11-,14?,15-,17?,20+,21+;12-,14?,15-,17?,20+,21+;2*11-,13?,14-,16?,19+,20+/m1111/s1. The molecule has 4 spiro atoms. The van der Waals surface area contributed by atoms with Crippen LogP contribution in [0.25, 0.3) is 0 Å². The van der Waals surface area contributed by atoms with Crippen LogP contribution in [0.2, 0.25) is 0 Å². The topological polar surface area (TPSA) is 212 Å². The average Bonchev–Trinajstić information content (AvgIpc) is 1.49. The van der Waals surface area contributed by atoms with E-state index in [0.717, 1.165) is 135 Å². The molecule has 21 rings (SSSR count). The van der Waals surface area contributed by atoms with Crippen LogP contribution in [-0.4, -0.2) is 184 Å². The molecular weight excluding hydrogens is 1230 g/mol. The van der Waals surface area contributed by atoms with Gasteiger partial charge in [0.15, 0.2) is 46.0 Å². The molecule has 4 saturated heterocycles. The molecule has 0 radical (unpaired) electrons. The first kappa shape index (κ1) is 64.8. The number of benzene rings is 4. The highest BCUT2D eigenvalue weighted by atomic mass is 16.5. The summed E-state index contributed by atoms with van der Waals surface area (Å²) in [4.78, 5) is 10.8. The Kier molecular flexibility index (Phi) is 15.4. The van der Waals surface area contributed by atoms with E-state index in [-0.39, 0.29) is 69.1 Å². The fourth-order valence-electron chi connectivity index (χ4n) is 26.1. The van der Waals surface area contributed by atoms with Crippen molar-refractivity contribution in [1.29, 1.82) is 0 Å². The Morgan fingerprint density at radius 2 is 0.735 bits per heavy atom. The van der Waals surface area contributed by atoms with E-state index in [9.17, 15) is 40.9 Å². The van der Waals surface area contributed by atoms with Crippen molar-refractivity contribution in [2.24, 2.45) is 29.6 Å². The molecule has 528 valence electrons. The number of aliphatic hydroxyl groups is 4. The molecule has 8 heterocycles. The number of ether oxygens (including phenoxy) is 4. The van der Waals surface area contributed by atoms with Crippen molar-refractivity contribution in [2.75, 3.05) is 26.2 Å². The van der Waals surface area contributed by atoms with Crippen LogP contribution in [0.5, 0.6) is 46.0 Å². The van der Waals surface area contributed by atoms with Gasteiger partial charge in [-0.1, -0.05) is 50.6 Å². The zero-order valence-corrected chi connectivity index (χ0v) is 58.7. The monoisotopic (exact) mass is 1340 g/mol. The number of rotatable bonds is 9. The van der Waals surface area contributed by atoms with Gasteiger partial charge in [0.2, 0.25) is 0 Å². The molecule has 5 saturated carbocycles. The van der Waals surface area contributed by atoms with E-state index in [1.54, 1.807) is 24.3 Å². The molecule has 9 fully saturated rings. The highest BCUT2D eigenvalue weighted by molar-refractivity contribution is 5.65. The summed E-state index contributed by atoms with van der Waals surface area (Å²) in [7, 11) is 0. The van der Waals surface area contributed by atoms with E-state index in [2.05, 4.69) is 92.0 Å². The molecule has 9 aliphatic carbocycles. The summed E-state index contributed by atoms with van der Waals surface area (Å²) in [6.45, 7) is 22.1. The Morgan fingerprint density at radius 3 is 1.05 bits per heavy atom. The van der Waals surface area contributed by atoms with Crippen molar-refractivity contribution in [3.05, 3.63) is 106 Å². The van der Waals surface area contributed by atoms with Crippen molar-refractivity contribution in [2.45, 2.75) is 295 Å². The second-order valence-electron chi connectivity index (χ2n) is 34.1. The number of hydrogen-bond acceptors (Lipinski definition) is 16. The minimum atomic E-state index is -0.442. The maximum atomic E-state index is 10.7. The molecule has 8 unspecified atom stereocenters. The number of hydrogen-bond donors (Lipinski definition) is 8. The maximum Gasteiger partial charge on any atom is 0.165 e. The summed E-state index contributed by atoms with van der Waals surface area (Å²) in [6.07, 6.45) is 21.7. The molecule has 24 atom stereocenters. The van der Waals surface area contributed by atoms with Gasteiger partial charge in [-0.2, -0.15) is 0 Å². The molecule has 17 aliphatic rings. The third kappa shape index (κ3) is 8.76. The summed E-state index contributed by atoms with van der Waals surface area (Å²) in [5.74, 6) is 6.60. The third-order valence-corrected chi connectivity index (χ3v) is 30.4. The molecule has 8 bridgehead atoms. The molecule has 4 aromatic rings. The smallest absolute Gasteiger partial charge is 0.165 e. The predicted molar refractivity (Wildman–Crippen MR) is 373 cm³/mol. The molecule has 16 heteroatoms. The van der Waals surface area contributed by atoms with E-state index in [4.69, 9.17) is 18.9 Å². The molecule has 8 N–H and O–H groups in total. The van der Waals surface area contributed by atoms with Crippen molar-refractivity contribution in [3.63, 3.8) is 0 Å². The predicted octanol–water partition coefficient (Wildman–Crippen LogP) is 10.5. The molecule has 0 aromatic heterocycles. The second-order valence-corrected chi connectivity index (χ2v) is 34.1. The highest BCUT2D eigenvalue weighted by Crippen LogP contribution is 2.69. The summed E-state index contributed by atoms with van der Waals surface area (Å²) >= 11 is 0. The number of phenols is 4. The minimum Gasteiger partial charge on any atom is -0.504 e. The van der Waals surface area contributed by atoms with Crippen LogP contribution in [0, 0.1) is 29.6 Å². The van der Waals surface area contributed by atoms with Gasteiger partial charge < -0.3 is 59.8 Å². The summed E-state index contributed by atoms with van der Waals surface area (Å²) in [5.41, 5.74) is 9.84. The van der Waals surface area contributed by atoms with Gasteiger partial charge in [0.25, 0.3) is 0 Å². The van der Waals surface area contributed by atoms with Gasteiger partial charge in [-0.3, -0.25) is 19.6 Å². The molecule has 4 aromatic carbocycles. The van der Waals surface area contributed by atoms with Crippen molar-refractivity contribution >= 4 is 0 Å². The van der Waals surface area contributed by atoms with Crippen LogP contribution >= 0.6 is 0 Å². The van der Waals surface area contributed by atoms with Gasteiger partial charge in [0.1, 0.15) is 24.4 Å². The van der Waals surface area contributed by atoms with E-state index >= 15 is 0 Å². The zero-order chi connectivity index (χ0) is 67.5. The van der Waals surface area contributed by atoms with E-state index in [0.29, 0.717) is 95.0 Å². The highest BCUT2D eigenvalue weighted by Gasteiger charge is 2.71. The van der Waals surface area contributed by atoms with Gasteiger partial charge >= 0.3 is 0 Å². The van der Waals surface area contributed by atoms with Gasteiger partial charge in [-0.05, 0) is 252 Å². The van der Waals surface area contributed by atoms with Crippen LogP contribution < -0.4 is 18.9 Å². The van der Waals surface area contributed by atoms with Gasteiger partial charge in [-0.25, -0.2) is 0 Å². The fourth-order valence-corrected chi connectivity index (χ4v) is 26.1. The number of phenolic OH excluding ortho intramolecular Hbond substituents is 4. The van der Waals surface area contributed by atoms with Crippen LogP contribution in [0.4, 0.5) is 0 Å². The number of nitrogens with zero attached hydrogens (tertiary/aromatic N) is 4. The van der Waals surface area contributed by atoms with Crippen LogP contribution in [0.3, 0.4) is 0 Å². The first-order valence-electron chi connectivity index (χ1n) is 38.8. The number of likely N-dealkylation sites (tertiary alicyclic amines) is 4. The Balaban J connectivity index is 0.0000000947. The number of piperidine rings is 4. The minimum absolute atomic E-state index is 0.0796. The Labute approximate surface area is 579 Å². The van der Waals surface area contributed by atoms with Gasteiger partial charge in [0.05, 0.1) is 24.4 Å². The van der Waals surface area contributed by atoms with Crippen molar-refractivity contribution in [3.8, 4) is 46.0 Å². The fraction of sp³-hybridized carbons (Fsp3) is 0.683. The zero-order valence-electron chi connectivity index (χ0n) is 58.7. The lowest BCUT2D eigenvalue weighted by Gasteiger charge is -2.60. The normalized spacial score (nSPS) is 40.9. The summed E-state index contributed by atoms with van der Waals surface area (Å²) in [5, 5.41) is 84.3. The quantitative estimate of drug-likeness (QED) is 0.0733. The Bertz CT molecular complexity index is 3820. The van der Waals surface area contributed by atoms with E-state index in [1.165, 1.54) is 76.6 Å². The average molecular weight is 1340 g/mol. The summed E-state index contributed by atoms with van der Waals surface area (Å²) < 4.78 is 24.9. The lowest BCUT2D eigenvalue weighted by atomic mass is 9.51. The van der Waals surface area contributed by atoms with E-state index < -0.39 is 24.4 Å². The number of aromatic hydroxyl groups is 4. The Morgan fingerprint density at radius 1 is 0.429 bits per heavy atom. The maximum absolute atomic E-state index is 10.7. The van der Waals surface area contributed by atoms with Gasteiger partial charge in [-0.15, -0.1) is 6.58 Å². The van der Waals surface area contributed by atoms with Crippen molar-refractivity contribution < 1.29 is 59.8 Å². The first-order chi connectivity index (χ1) is 47.3. The molecule has 98 heavy (non-hydrogen) atoms. The van der Waals surface area contributed by atoms with Crippen molar-refractivity contribution in [1.82, 2.24) is 19.6 Å². The molecule has 0 amide bonds. The van der Waals surface area contributed by atoms with E-state index in [1.807, 2.05) is 6.08 Å². The third-order valence-electron chi connectivity index (χ3n) is 30.4. The Hall–Kier alpha value is -5.30. The largest absolute Gasteiger partial charge is 0.504 e. The first-order valence-corrected chi connectivity index (χ1v) is 38.8. The summed E-state index contributed by atoms with van der Waals surface area (Å²) in [6, 6.07) is 19.8. The lowest BCUT2D eigenvalue weighted by Crippen LogP contribution is -2.68. The van der Waals surface area contributed by atoms with Crippen LogP contribution in [0.1, 0.15) is 195 Å². The van der Waals surface area contributed by atoms with Crippen LogP contribution in [0.15, 0.2) is 61.2 Å². The van der Waals surface area contributed by atoms with Crippen LogP contribution in [-0.2, 0) is 47.3 Å². The number of aliphatic hydroxyl groups excluding tert-OH is 4. The molecule has 8 aliphatic heterocycles. The lowest BCUT2D eigenvalue weighted by molar-refractivity contribution is -0.112. The van der Waals surface area contributed by atoms with Gasteiger partial charge in [0, 0.05) is 98.8 Å². The molecule has 16 nitrogen and oxygen atoms in total. The second kappa shape index (κ2) is 23.4. The molecular formula is C82H108N4O12. The SMILES string of the molecule is C=C[C@@H](C)N1CC[C@]23c4c5ccc(O)c4O[C@H]2C(O)CCC3[C@H]1C5.CCC[C@@H](C)N1CC[C@]23c4c5ccc(O)c4O[C@H]2C(O)CCC3[C@H]1C5.CC[C@@H](C)N1CC[C@]23c4c5ccc(O)c4O[C@H]2C(O)CCC3[C@H]1C5.C[C@H](C1CC1)N1CC[C@]23c4c5ccc(O)c4O[C@H]2C(O)CCC3[C@H]1C5.